The molecule has 0 radical (unpaired) electrons. The number of carboxylic acids is 1. The zero-order valence-corrected chi connectivity index (χ0v) is 14.8. The second-order valence-electron chi connectivity index (χ2n) is 5.66. The smallest absolute Gasteiger partial charge is 0.307 e. The molecular formula is C15H32N6O4. The third kappa shape index (κ3) is 11.4. The minimum Gasteiger partial charge on any atom is -0.481 e. The minimum atomic E-state index is -1.11. The van der Waals surface area contributed by atoms with Gasteiger partial charge in [-0.05, 0) is 0 Å². The summed E-state index contributed by atoms with van der Waals surface area (Å²) in [6, 6.07) is 0. The number of carbonyl (C=O) groups is 3. The van der Waals surface area contributed by atoms with E-state index in [0.29, 0.717) is 52.4 Å². The molecule has 25 heavy (non-hydrogen) atoms. The zero-order chi connectivity index (χ0) is 19.1. The lowest BCUT2D eigenvalue weighted by Crippen LogP contribution is -2.43. The standard InChI is InChI=1S/C15H32N6O4/c1-11(15(24)25)12(14(23)21-9-7-19-5-3-17)10-13(22)20-8-6-18-4-2-16/h11-12,18-19H,2-10,16-17H2,1H3,(H,20,22)(H,21,23)(H,24,25). The Kier molecular flexibility index (Phi) is 13.6. The average molecular weight is 360 g/mol. The molecule has 0 aliphatic rings. The number of aliphatic carboxylic acids is 1. The molecule has 0 spiro atoms. The number of hydrogen-bond donors (Lipinski definition) is 7. The first-order chi connectivity index (χ1) is 11.9. The third-order valence-corrected chi connectivity index (χ3v) is 3.60. The Morgan fingerprint density at radius 2 is 1.40 bits per heavy atom. The fourth-order valence-corrected chi connectivity index (χ4v) is 2.09. The Hall–Kier alpha value is -1.75. The highest BCUT2D eigenvalue weighted by atomic mass is 16.4. The first-order valence-corrected chi connectivity index (χ1v) is 8.52. The zero-order valence-electron chi connectivity index (χ0n) is 14.8. The topological polar surface area (TPSA) is 172 Å². The van der Waals surface area contributed by atoms with Gasteiger partial charge in [0.1, 0.15) is 0 Å². The summed E-state index contributed by atoms with van der Waals surface area (Å²) in [5.41, 5.74) is 10.7. The summed E-state index contributed by atoms with van der Waals surface area (Å²) >= 11 is 0. The summed E-state index contributed by atoms with van der Waals surface area (Å²) in [4.78, 5) is 35.4. The summed E-state index contributed by atoms with van der Waals surface area (Å²) in [6.07, 6.45) is -0.174. The van der Waals surface area contributed by atoms with Crippen LogP contribution in [0, 0.1) is 11.8 Å². The number of nitrogens with two attached hydrogens (primary N) is 2. The summed E-state index contributed by atoms with van der Waals surface area (Å²) in [5.74, 6) is -3.80. The molecule has 0 aromatic carbocycles. The van der Waals surface area contributed by atoms with Crippen molar-refractivity contribution < 1.29 is 19.5 Å². The lowest BCUT2D eigenvalue weighted by Gasteiger charge is -2.20. The number of hydrogen-bond acceptors (Lipinski definition) is 7. The molecule has 0 aliphatic heterocycles. The van der Waals surface area contributed by atoms with Crippen molar-refractivity contribution >= 4 is 17.8 Å². The monoisotopic (exact) mass is 360 g/mol. The van der Waals surface area contributed by atoms with Crippen molar-refractivity contribution in [3.8, 4) is 0 Å². The first-order valence-electron chi connectivity index (χ1n) is 8.52. The van der Waals surface area contributed by atoms with Gasteiger partial charge in [0.2, 0.25) is 11.8 Å². The van der Waals surface area contributed by atoms with Crippen LogP contribution in [0.25, 0.3) is 0 Å². The molecule has 146 valence electrons. The van der Waals surface area contributed by atoms with E-state index in [1.807, 2.05) is 0 Å². The first kappa shape index (κ1) is 23.2. The van der Waals surface area contributed by atoms with Gasteiger partial charge < -0.3 is 37.8 Å². The SMILES string of the molecule is CC(C(=O)O)C(CC(=O)NCCNCCN)C(=O)NCCNCCN. The Labute approximate surface area is 148 Å². The van der Waals surface area contributed by atoms with Gasteiger partial charge in [0.15, 0.2) is 0 Å². The van der Waals surface area contributed by atoms with Gasteiger partial charge in [0.05, 0.1) is 11.8 Å². The molecule has 2 amide bonds. The highest BCUT2D eigenvalue weighted by Gasteiger charge is 2.31. The molecule has 10 heteroatoms. The molecule has 0 fully saturated rings. The normalized spacial score (nSPS) is 13.1. The Bertz CT molecular complexity index is 407. The van der Waals surface area contributed by atoms with E-state index in [4.69, 9.17) is 16.6 Å². The Balaban J connectivity index is 4.39. The lowest BCUT2D eigenvalue weighted by molar-refractivity contribution is -0.147. The van der Waals surface area contributed by atoms with E-state index in [9.17, 15) is 14.4 Å². The molecule has 0 saturated heterocycles. The van der Waals surface area contributed by atoms with Crippen LogP contribution in [0.15, 0.2) is 0 Å². The number of amides is 2. The maximum absolute atomic E-state index is 12.2. The van der Waals surface area contributed by atoms with Gasteiger partial charge in [0.25, 0.3) is 0 Å². The predicted octanol–water partition coefficient (Wildman–Crippen LogP) is -2.96. The largest absolute Gasteiger partial charge is 0.481 e. The van der Waals surface area contributed by atoms with Crippen LogP contribution >= 0.6 is 0 Å². The second-order valence-corrected chi connectivity index (χ2v) is 5.66. The molecule has 9 N–H and O–H groups in total. The highest BCUT2D eigenvalue weighted by molar-refractivity contribution is 5.89. The fraction of sp³-hybridized carbons (Fsp3) is 0.800. The molecule has 0 aromatic heterocycles. The van der Waals surface area contributed by atoms with Crippen LogP contribution in [-0.4, -0.2) is 75.2 Å². The molecule has 0 aliphatic carbocycles. The number of rotatable bonds is 15. The Morgan fingerprint density at radius 1 is 0.880 bits per heavy atom. The van der Waals surface area contributed by atoms with E-state index >= 15 is 0 Å². The third-order valence-electron chi connectivity index (χ3n) is 3.60. The van der Waals surface area contributed by atoms with Crippen molar-refractivity contribution in [1.82, 2.24) is 21.3 Å². The van der Waals surface area contributed by atoms with E-state index in [0.717, 1.165) is 0 Å². The van der Waals surface area contributed by atoms with Crippen LogP contribution < -0.4 is 32.7 Å². The molecule has 0 saturated carbocycles. The van der Waals surface area contributed by atoms with Gasteiger partial charge in [-0.3, -0.25) is 14.4 Å². The van der Waals surface area contributed by atoms with Crippen molar-refractivity contribution in [2.24, 2.45) is 23.3 Å². The Morgan fingerprint density at radius 3 is 1.88 bits per heavy atom. The molecule has 2 unspecified atom stereocenters. The maximum atomic E-state index is 12.2. The molecule has 0 rings (SSSR count). The van der Waals surface area contributed by atoms with E-state index in [2.05, 4.69) is 21.3 Å². The average Bonchev–Trinajstić information content (AvgIpc) is 2.58. The highest BCUT2D eigenvalue weighted by Crippen LogP contribution is 2.16. The van der Waals surface area contributed by atoms with Crippen molar-refractivity contribution in [3.05, 3.63) is 0 Å². The van der Waals surface area contributed by atoms with E-state index < -0.39 is 23.7 Å². The summed E-state index contributed by atoms with van der Waals surface area (Å²) in [6.45, 7) is 5.51. The number of nitrogens with one attached hydrogen (secondary N) is 4. The number of carboxylic acid groups (broad SMARTS) is 1. The van der Waals surface area contributed by atoms with Crippen LogP contribution in [-0.2, 0) is 14.4 Å². The van der Waals surface area contributed by atoms with Gasteiger partial charge in [-0.1, -0.05) is 6.92 Å². The predicted molar refractivity (Wildman–Crippen MR) is 94.8 cm³/mol. The van der Waals surface area contributed by atoms with E-state index in [-0.39, 0.29) is 12.3 Å². The second kappa shape index (κ2) is 14.6. The van der Waals surface area contributed by atoms with Gasteiger partial charge >= 0.3 is 5.97 Å². The van der Waals surface area contributed by atoms with Crippen LogP contribution in [0.1, 0.15) is 13.3 Å². The van der Waals surface area contributed by atoms with Crippen LogP contribution in [0.3, 0.4) is 0 Å². The molecular weight excluding hydrogens is 328 g/mol. The molecule has 0 heterocycles. The van der Waals surface area contributed by atoms with E-state index in [1.165, 1.54) is 6.92 Å². The van der Waals surface area contributed by atoms with Gasteiger partial charge in [0, 0.05) is 58.8 Å². The quantitative estimate of drug-likeness (QED) is 0.152. The van der Waals surface area contributed by atoms with Crippen molar-refractivity contribution in [2.45, 2.75) is 13.3 Å². The summed E-state index contributed by atoms with van der Waals surface area (Å²) in [5, 5.41) is 20.5. The molecule has 0 aromatic rings. The van der Waals surface area contributed by atoms with Crippen LogP contribution in [0.5, 0.6) is 0 Å². The van der Waals surface area contributed by atoms with Crippen molar-refractivity contribution in [2.75, 3.05) is 52.4 Å². The van der Waals surface area contributed by atoms with Gasteiger partial charge in [-0.2, -0.15) is 0 Å². The summed E-state index contributed by atoms with van der Waals surface area (Å²) < 4.78 is 0. The van der Waals surface area contributed by atoms with E-state index in [1.54, 1.807) is 0 Å². The van der Waals surface area contributed by atoms with Gasteiger partial charge in [-0.25, -0.2) is 0 Å². The van der Waals surface area contributed by atoms with Crippen molar-refractivity contribution in [1.29, 1.82) is 0 Å². The molecule has 0 bridgehead atoms. The van der Waals surface area contributed by atoms with Crippen LogP contribution in [0.2, 0.25) is 0 Å². The van der Waals surface area contributed by atoms with Crippen molar-refractivity contribution in [3.63, 3.8) is 0 Å². The minimum absolute atomic E-state index is 0.174. The van der Waals surface area contributed by atoms with Crippen LogP contribution in [0.4, 0.5) is 0 Å². The molecule has 10 nitrogen and oxygen atoms in total. The lowest BCUT2D eigenvalue weighted by atomic mass is 9.89. The number of carbonyl (C=O) groups excluding carboxylic acids is 2. The maximum Gasteiger partial charge on any atom is 0.307 e. The molecule has 2 atom stereocenters. The van der Waals surface area contributed by atoms with Gasteiger partial charge in [-0.15, -0.1) is 0 Å². The summed E-state index contributed by atoms with van der Waals surface area (Å²) in [7, 11) is 0. The fourth-order valence-electron chi connectivity index (χ4n) is 2.09.